The van der Waals surface area contributed by atoms with Crippen molar-refractivity contribution in [2.75, 3.05) is 7.11 Å². The number of fused-ring (bicyclic) bond motifs is 2. The summed E-state index contributed by atoms with van der Waals surface area (Å²) in [6.45, 7) is 0. The minimum atomic E-state index is -1.15. The zero-order chi connectivity index (χ0) is 15.7. The number of hydrogen-bond acceptors (Lipinski definition) is 4. The third kappa shape index (κ3) is 2.72. The second-order valence-electron chi connectivity index (χ2n) is 5.83. The molecule has 0 aliphatic carbocycles. The third-order valence-electron chi connectivity index (χ3n) is 4.34. The Morgan fingerprint density at radius 3 is 2.68 bits per heavy atom. The van der Waals surface area contributed by atoms with E-state index in [1.165, 1.54) is 12.0 Å². The lowest BCUT2D eigenvalue weighted by Crippen LogP contribution is -2.52. The zero-order valence-electron chi connectivity index (χ0n) is 12.3. The number of rotatable bonds is 1. The lowest BCUT2D eigenvalue weighted by Gasteiger charge is -2.39. The molecule has 2 unspecified atom stereocenters. The Kier molecular flexibility index (Phi) is 3.67. The highest BCUT2D eigenvalue weighted by atomic mass is 16.5. The van der Waals surface area contributed by atoms with Crippen LogP contribution in [0, 0.1) is 11.8 Å². The normalized spacial score (nSPS) is 29.6. The average molecular weight is 302 g/mol. The number of ether oxygens (including phenoxy) is 1. The molecule has 0 aromatic carbocycles. The van der Waals surface area contributed by atoms with Crippen LogP contribution in [-0.4, -0.2) is 51.0 Å². The number of amides is 1. The third-order valence-corrected chi connectivity index (χ3v) is 4.34. The summed E-state index contributed by atoms with van der Waals surface area (Å²) in [5.41, 5.74) is -0.622. The molecule has 0 saturated carbocycles. The van der Waals surface area contributed by atoms with E-state index in [0.29, 0.717) is 24.4 Å². The summed E-state index contributed by atoms with van der Waals surface area (Å²) in [4.78, 5) is 16.9. The van der Waals surface area contributed by atoms with Crippen molar-refractivity contribution in [3.8, 4) is 17.7 Å². The second-order valence-corrected chi connectivity index (χ2v) is 5.83. The van der Waals surface area contributed by atoms with Gasteiger partial charge in [0.05, 0.1) is 7.11 Å². The summed E-state index contributed by atoms with van der Waals surface area (Å²) in [6.07, 6.45) is 1.38. The quantitative estimate of drug-likeness (QED) is 0.768. The first-order valence-electron chi connectivity index (χ1n) is 7.29. The maximum absolute atomic E-state index is 11.3. The van der Waals surface area contributed by atoms with E-state index >= 15 is 0 Å². The number of carbonyl (C=O) groups is 1. The summed E-state index contributed by atoms with van der Waals surface area (Å²) in [6, 6.07) is 4.98. The predicted octanol–water partition coefficient (Wildman–Crippen LogP) is 1.48. The first-order chi connectivity index (χ1) is 10.5. The van der Waals surface area contributed by atoms with Gasteiger partial charge in [-0.05, 0) is 24.8 Å². The SMILES string of the molecule is COc1cccc(C#CC2(O)CC3CCC(C2)N3C(=O)O)n1. The molecule has 6 nitrogen and oxygen atoms in total. The number of methoxy groups -OCH3 is 1. The van der Waals surface area contributed by atoms with E-state index in [-0.39, 0.29) is 12.1 Å². The van der Waals surface area contributed by atoms with Crippen molar-refractivity contribution in [2.24, 2.45) is 0 Å². The van der Waals surface area contributed by atoms with Crippen LogP contribution < -0.4 is 4.74 Å². The molecule has 2 N–H and O–H groups in total. The van der Waals surface area contributed by atoms with Gasteiger partial charge in [0, 0.05) is 31.0 Å². The molecule has 116 valence electrons. The summed E-state index contributed by atoms with van der Waals surface area (Å²) in [5, 5.41) is 19.9. The Morgan fingerprint density at radius 2 is 2.09 bits per heavy atom. The molecular formula is C16H18N2O4. The van der Waals surface area contributed by atoms with Crippen LogP contribution in [0.15, 0.2) is 18.2 Å². The van der Waals surface area contributed by atoms with Gasteiger partial charge in [0.2, 0.25) is 5.88 Å². The molecule has 2 bridgehead atoms. The highest BCUT2D eigenvalue weighted by Crippen LogP contribution is 2.40. The van der Waals surface area contributed by atoms with Crippen molar-refractivity contribution in [3.63, 3.8) is 0 Å². The molecule has 3 rings (SSSR count). The molecular weight excluding hydrogens is 284 g/mol. The molecule has 6 heteroatoms. The molecule has 2 fully saturated rings. The van der Waals surface area contributed by atoms with Crippen molar-refractivity contribution < 1.29 is 19.7 Å². The van der Waals surface area contributed by atoms with Crippen LogP contribution in [0.3, 0.4) is 0 Å². The topological polar surface area (TPSA) is 82.9 Å². The Morgan fingerprint density at radius 1 is 1.41 bits per heavy atom. The minimum absolute atomic E-state index is 0.145. The molecule has 3 heterocycles. The van der Waals surface area contributed by atoms with Gasteiger partial charge in [-0.1, -0.05) is 12.0 Å². The highest BCUT2D eigenvalue weighted by molar-refractivity contribution is 5.67. The number of carboxylic acid groups (broad SMARTS) is 1. The Bertz CT molecular complexity index is 635. The molecule has 1 aromatic rings. The summed E-state index contributed by atoms with van der Waals surface area (Å²) in [7, 11) is 1.53. The minimum Gasteiger partial charge on any atom is -0.481 e. The fourth-order valence-corrected chi connectivity index (χ4v) is 3.42. The maximum atomic E-state index is 11.3. The summed E-state index contributed by atoms with van der Waals surface area (Å²) < 4.78 is 5.04. The van der Waals surface area contributed by atoms with Gasteiger partial charge in [-0.3, -0.25) is 0 Å². The highest BCUT2D eigenvalue weighted by Gasteiger charge is 2.48. The standard InChI is InChI=1S/C16H18N2O4/c1-22-14-4-2-3-11(17-14)7-8-16(21)9-12-5-6-13(10-16)18(12)15(19)20/h2-4,12-13,21H,5-6,9-10H2,1H3,(H,19,20). The van der Waals surface area contributed by atoms with E-state index in [1.807, 2.05) is 0 Å². The molecule has 2 saturated heterocycles. The molecule has 1 amide bonds. The zero-order valence-corrected chi connectivity index (χ0v) is 12.3. The molecule has 22 heavy (non-hydrogen) atoms. The van der Waals surface area contributed by atoms with Crippen molar-refractivity contribution in [1.29, 1.82) is 0 Å². The van der Waals surface area contributed by atoms with Gasteiger partial charge < -0.3 is 19.8 Å². The molecule has 2 aliphatic heterocycles. The number of nitrogens with zero attached hydrogens (tertiary/aromatic N) is 2. The second kappa shape index (κ2) is 5.50. The summed E-state index contributed by atoms with van der Waals surface area (Å²) in [5.74, 6) is 6.25. The molecule has 0 spiro atoms. The van der Waals surface area contributed by atoms with Crippen molar-refractivity contribution in [1.82, 2.24) is 9.88 Å². The van der Waals surface area contributed by atoms with Crippen LogP contribution in [0.4, 0.5) is 4.79 Å². The van der Waals surface area contributed by atoms with Gasteiger partial charge in [0.25, 0.3) is 0 Å². The number of piperidine rings is 1. The van der Waals surface area contributed by atoms with Crippen LogP contribution in [0.5, 0.6) is 5.88 Å². The lowest BCUT2D eigenvalue weighted by atomic mass is 9.86. The molecule has 2 atom stereocenters. The fourth-order valence-electron chi connectivity index (χ4n) is 3.42. The van der Waals surface area contributed by atoms with Gasteiger partial charge >= 0.3 is 6.09 Å². The van der Waals surface area contributed by atoms with E-state index in [0.717, 1.165) is 12.8 Å². The summed E-state index contributed by atoms with van der Waals surface area (Å²) >= 11 is 0. The van der Waals surface area contributed by atoms with Crippen molar-refractivity contribution in [2.45, 2.75) is 43.4 Å². The first kappa shape index (κ1) is 14.7. The smallest absolute Gasteiger partial charge is 0.407 e. The molecule has 2 aliphatic rings. The van der Waals surface area contributed by atoms with E-state index < -0.39 is 11.7 Å². The Hall–Kier alpha value is -2.26. The van der Waals surface area contributed by atoms with Gasteiger partial charge in [0.1, 0.15) is 11.3 Å². The fraction of sp³-hybridized carbons (Fsp3) is 0.500. The molecule has 1 aromatic heterocycles. The van der Waals surface area contributed by atoms with Crippen LogP contribution >= 0.6 is 0 Å². The van der Waals surface area contributed by atoms with Crippen LogP contribution in [-0.2, 0) is 0 Å². The Labute approximate surface area is 128 Å². The van der Waals surface area contributed by atoms with Gasteiger partial charge in [-0.15, -0.1) is 0 Å². The van der Waals surface area contributed by atoms with Gasteiger partial charge in [0.15, 0.2) is 0 Å². The number of hydrogen-bond donors (Lipinski definition) is 2. The number of aromatic nitrogens is 1. The van der Waals surface area contributed by atoms with Crippen LogP contribution in [0.2, 0.25) is 0 Å². The van der Waals surface area contributed by atoms with Gasteiger partial charge in [-0.25, -0.2) is 9.78 Å². The largest absolute Gasteiger partial charge is 0.481 e. The van der Waals surface area contributed by atoms with E-state index in [2.05, 4.69) is 16.8 Å². The van der Waals surface area contributed by atoms with E-state index in [1.54, 1.807) is 18.2 Å². The lowest BCUT2D eigenvalue weighted by molar-refractivity contribution is -0.00379. The first-order valence-corrected chi connectivity index (χ1v) is 7.29. The van der Waals surface area contributed by atoms with E-state index in [4.69, 9.17) is 4.74 Å². The average Bonchev–Trinajstić information content (AvgIpc) is 2.79. The predicted molar refractivity (Wildman–Crippen MR) is 78.5 cm³/mol. The van der Waals surface area contributed by atoms with Crippen molar-refractivity contribution >= 4 is 6.09 Å². The van der Waals surface area contributed by atoms with Gasteiger partial charge in [-0.2, -0.15) is 0 Å². The van der Waals surface area contributed by atoms with Crippen molar-refractivity contribution in [3.05, 3.63) is 23.9 Å². The monoisotopic (exact) mass is 302 g/mol. The van der Waals surface area contributed by atoms with Crippen LogP contribution in [0.25, 0.3) is 0 Å². The molecule has 0 radical (unpaired) electrons. The maximum Gasteiger partial charge on any atom is 0.407 e. The Balaban J connectivity index is 1.79. The van der Waals surface area contributed by atoms with E-state index in [9.17, 15) is 15.0 Å². The number of pyridine rings is 1. The number of aliphatic hydroxyl groups is 1. The van der Waals surface area contributed by atoms with Crippen LogP contribution in [0.1, 0.15) is 31.4 Å².